The highest BCUT2D eigenvalue weighted by atomic mass is 35.5. The van der Waals surface area contributed by atoms with Crippen LogP contribution in [-0.2, 0) is 9.53 Å². The van der Waals surface area contributed by atoms with E-state index in [9.17, 15) is 4.79 Å². The molecule has 0 saturated carbocycles. The molecule has 116 valence electrons. The molecule has 1 N–H and O–H groups in total. The Morgan fingerprint density at radius 3 is 2.62 bits per heavy atom. The zero-order valence-electron chi connectivity index (χ0n) is 12.2. The number of esters is 1. The summed E-state index contributed by atoms with van der Waals surface area (Å²) < 4.78 is 11.1. The predicted octanol–water partition coefficient (Wildman–Crippen LogP) is 2.84. The van der Waals surface area contributed by atoms with E-state index in [1.165, 1.54) is 12.3 Å². The van der Waals surface area contributed by atoms with Crippen molar-refractivity contribution in [1.82, 2.24) is 10.3 Å². The van der Waals surface area contributed by atoms with Crippen molar-refractivity contribution in [3.63, 3.8) is 0 Å². The van der Waals surface area contributed by atoms with Crippen molar-refractivity contribution in [1.29, 1.82) is 0 Å². The van der Waals surface area contributed by atoms with Gasteiger partial charge in [0.1, 0.15) is 16.5 Å². The second-order valence-electron chi connectivity index (χ2n) is 5.86. The summed E-state index contributed by atoms with van der Waals surface area (Å²) >= 11 is 11.7. The molecule has 2 atom stereocenters. The molecule has 1 aliphatic rings. The first-order valence-electron chi connectivity index (χ1n) is 6.70. The molecule has 5 nitrogen and oxygen atoms in total. The quantitative estimate of drug-likeness (QED) is 0.678. The van der Waals surface area contributed by atoms with Gasteiger partial charge in [-0.25, -0.2) is 9.78 Å². The maximum atomic E-state index is 12.3. The van der Waals surface area contributed by atoms with Crippen LogP contribution in [-0.4, -0.2) is 35.2 Å². The Kier molecular flexibility index (Phi) is 4.96. The fourth-order valence-electron chi connectivity index (χ4n) is 1.84. The molecule has 21 heavy (non-hydrogen) atoms. The van der Waals surface area contributed by atoms with Crippen LogP contribution in [0.4, 0.5) is 0 Å². The number of ether oxygens (including phenoxy) is 2. The maximum Gasteiger partial charge on any atom is 0.349 e. The monoisotopic (exact) mass is 332 g/mol. The summed E-state index contributed by atoms with van der Waals surface area (Å²) in [5.74, 6) is -0.0280. The van der Waals surface area contributed by atoms with Gasteiger partial charge in [0, 0.05) is 6.07 Å². The number of hydrogen-bond acceptors (Lipinski definition) is 5. The highest BCUT2D eigenvalue weighted by Crippen LogP contribution is 2.26. The summed E-state index contributed by atoms with van der Waals surface area (Å²) in [5, 5.41) is 3.62. The fourth-order valence-corrected chi connectivity index (χ4v) is 2.10. The molecule has 0 spiro atoms. The summed E-state index contributed by atoms with van der Waals surface area (Å²) in [4.78, 5) is 16.2. The van der Waals surface area contributed by atoms with Gasteiger partial charge in [-0.2, -0.15) is 0 Å². The van der Waals surface area contributed by atoms with Gasteiger partial charge in [-0.3, -0.25) is 0 Å². The summed E-state index contributed by atoms with van der Waals surface area (Å²) in [6.45, 7) is 6.30. The van der Waals surface area contributed by atoms with Gasteiger partial charge in [-0.15, -0.1) is 0 Å². The van der Waals surface area contributed by atoms with Gasteiger partial charge in [0.05, 0.1) is 17.3 Å². The van der Waals surface area contributed by atoms with Crippen molar-refractivity contribution in [2.45, 2.75) is 44.9 Å². The molecule has 1 unspecified atom stereocenters. The van der Waals surface area contributed by atoms with E-state index in [0.29, 0.717) is 5.75 Å². The van der Waals surface area contributed by atoms with Crippen LogP contribution >= 0.6 is 23.2 Å². The lowest BCUT2D eigenvalue weighted by molar-refractivity contribution is -0.165. The van der Waals surface area contributed by atoms with Crippen LogP contribution in [0.25, 0.3) is 0 Å². The normalized spacial score (nSPS) is 19.6. The van der Waals surface area contributed by atoms with E-state index in [0.717, 1.165) is 13.0 Å². The summed E-state index contributed by atoms with van der Waals surface area (Å²) in [6.07, 6.45) is 1.54. The Morgan fingerprint density at radius 2 is 2.14 bits per heavy atom. The Bertz CT molecular complexity index is 527. The van der Waals surface area contributed by atoms with Crippen molar-refractivity contribution >= 4 is 29.2 Å². The van der Waals surface area contributed by atoms with Crippen LogP contribution in [0.2, 0.25) is 10.2 Å². The van der Waals surface area contributed by atoms with E-state index in [-0.39, 0.29) is 16.2 Å². The van der Waals surface area contributed by atoms with Crippen molar-refractivity contribution < 1.29 is 14.3 Å². The number of nitrogens with one attached hydrogen (secondary N) is 1. The molecule has 0 bridgehead atoms. The van der Waals surface area contributed by atoms with E-state index in [1.807, 2.05) is 20.8 Å². The molecule has 1 aliphatic heterocycles. The molecular weight excluding hydrogens is 315 g/mol. The van der Waals surface area contributed by atoms with Crippen LogP contribution in [0.1, 0.15) is 27.2 Å². The molecule has 1 saturated heterocycles. The van der Waals surface area contributed by atoms with E-state index in [1.54, 1.807) is 0 Å². The minimum Gasteiger partial charge on any atom is -0.475 e. The highest BCUT2D eigenvalue weighted by Gasteiger charge is 2.37. The van der Waals surface area contributed by atoms with Crippen molar-refractivity contribution in [3.05, 3.63) is 22.4 Å². The summed E-state index contributed by atoms with van der Waals surface area (Å²) in [5.41, 5.74) is -0.571. The molecule has 1 fully saturated rings. The number of halogens is 2. The van der Waals surface area contributed by atoms with Crippen LogP contribution in [0.15, 0.2) is 12.3 Å². The molecule has 0 radical (unpaired) electrons. The number of carbonyl (C=O) groups excluding carboxylic acids is 1. The van der Waals surface area contributed by atoms with Gasteiger partial charge >= 0.3 is 5.97 Å². The van der Waals surface area contributed by atoms with Crippen molar-refractivity contribution in [3.8, 4) is 5.75 Å². The van der Waals surface area contributed by atoms with E-state index < -0.39 is 17.7 Å². The average molecular weight is 333 g/mol. The Morgan fingerprint density at radius 1 is 1.48 bits per heavy atom. The summed E-state index contributed by atoms with van der Waals surface area (Å²) in [6, 6.07) is 1.46. The van der Waals surface area contributed by atoms with Crippen molar-refractivity contribution in [2.75, 3.05) is 6.54 Å². The smallest absolute Gasteiger partial charge is 0.349 e. The van der Waals surface area contributed by atoms with Crippen molar-refractivity contribution in [2.24, 2.45) is 0 Å². The molecule has 7 heteroatoms. The third-order valence-electron chi connectivity index (χ3n) is 2.90. The molecule has 1 aromatic heterocycles. The Hall–Kier alpha value is -1.04. The highest BCUT2D eigenvalue weighted by molar-refractivity contribution is 6.41. The molecule has 0 aromatic carbocycles. The number of nitrogens with zero attached hydrogens (tertiary/aromatic N) is 1. The fraction of sp³-hybridized carbons (Fsp3) is 0.571. The van der Waals surface area contributed by atoms with Crippen LogP contribution in [0, 0.1) is 0 Å². The number of aromatic nitrogens is 1. The lowest BCUT2D eigenvalue weighted by Crippen LogP contribution is -2.57. The van der Waals surface area contributed by atoms with Gasteiger partial charge < -0.3 is 14.8 Å². The minimum absolute atomic E-state index is 0.0747. The van der Waals surface area contributed by atoms with Crippen LogP contribution in [0.5, 0.6) is 5.75 Å². The van der Waals surface area contributed by atoms with Gasteiger partial charge in [-0.05, 0) is 33.7 Å². The standard InChI is InChI=1S/C14H18Cl2N2O3/c1-14(2,3)21-13(19)11(10-4-5-17-10)20-8-6-9(15)12(16)18-7-8/h6-7,10-11,17H,4-5H2,1-3H3/t10-,11?/m0/s1. The topological polar surface area (TPSA) is 60.5 Å². The first kappa shape index (κ1) is 16.3. The van der Waals surface area contributed by atoms with Gasteiger partial charge in [0.2, 0.25) is 6.10 Å². The summed E-state index contributed by atoms with van der Waals surface area (Å²) in [7, 11) is 0. The predicted molar refractivity (Wildman–Crippen MR) is 80.9 cm³/mol. The Balaban J connectivity index is 2.12. The first-order chi connectivity index (χ1) is 9.76. The average Bonchev–Trinajstić information content (AvgIpc) is 2.28. The lowest BCUT2D eigenvalue weighted by atomic mass is 10.0. The number of rotatable bonds is 4. The van der Waals surface area contributed by atoms with Gasteiger partial charge in [0.15, 0.2) is 0 Å². The molecular formula is C14H18Cl2N2O3. The van der Waals surface area contributed by atoms with E-state index in [4.69, 9.17) is 32.7 Å². The molecule has 0 aliphatic carbocycles. The second kappa shape index (κ2) is 6.38. The number of hydrogen-bond donors (Lipinski definition) is 1. The van der Waals surface area contributed by atoms with E-state index in [2.05, 4.69) is 10.3 Å². The van der Waals surface area contributed by atoms with Crippen LogP contribution < -0.4 is 10.1 Å². The first-order valence-corrected chi connectivity index (χ1v) is 7.46. The SMILES string of the molecule is CC(C)(C)OC(=O)C(Oc1cnc(Cl)c(Cl)c1)[C@@H]1CCN1. The third-order valence-corrected chi connectivity index (χ3v) is 3.59. The zero-order chi connectivity index (χ0) is 15.6. The Labute approximate surface area is 133 Å². The number of carbonyl (C=O) groups is 1. The number of pyridine rings is 1. The van der Waals surface area contributed by atoms with Gasteiger partial charge in [-0.1, -0.05) is 23.2 Å². The third kappa shape index (κ3) is 4.46. The second-order valence-corrected chi connectivity index (χ2v) is 6.63. The molecule has 2 rings (SSSR count). The lowest BCUT2D eigenvalue weighted by Gasteiger charge is -2.35. The maximum absolute atomic E-state index is 12.3. The van der Waals surface area contributed by atoms with E-state index >= 15 is 0 Å². The molecule has 0 amide bonds. The molecule has 1 aromatic rings. The van der Waals surface area contributed by atoms with Gasteiger partial charge in [0.25, 0.3) is 0 Å². The largest absolute Gasteiger partial charge is 0.475 e. The van der Waals surface area contributed by atoms with Crippen LogP contribution in [0.3, 0.4) is 0 Å². The minimum atomic E-state index is -0.739. The molecule has 2 heterocycles. The zero-order valence-corrected chi connectivity index (χ0v) is 13.7.